The molecule has 0 aliphatic rings. The van der Waals surface area contributed by atoms with Gasteiger partial charge in [-0.15, -0.1) is 6.58 Å². The van der Waals surface area contributed by atoms with Gasteiger partial charge >= 0.3 is 0 Å². The topological polar surface area (TPSA) is 0 Å². The third-order valence-electron chi connectivity index (χ3n) is 2.72. The molecule has 0 radical (unpaired) electrons. The third-order valence-corrected chi connectivity index (χ3v) is 2.72. The number of rotatable bonds is 5. The summed E-state index contributed by atoms with van der Waals surface area (Å²) in [7, 11) is 0. The van der Waals surface area contributed by atoms with Gasteiger partial charge in [0.2, 0.25) is 0 Å². The Hall–Kier alpha value is -0.520. The van der Waals surface area contributed by atoms with Crippen molar-refractivity contribution < 1.29 is 0 Å². The summed E-state index contributed by atoms with van der Waals surface area (Å²) in [5, 5.41) is 0. The molecule has 0 saturated heterocycles. The van der Waals surface area contributed by atoms with Crippen LogP contribution in [0.3, 0.4) is 0 Å². The van der Waals surface area contributed by atoms with Crippen LogP contribution in [-0.4, -0.2) is 0 Å². The molecule has 0 heteroatoms. The minimum Gasteiger partial charge on any atom is -0.102 e. The summed E-state index contributed by atoms with van der Waals surface area (Å²) in [6, 6.07) is 0. The molecule has 2 atom stereocenters. The van der Waals surface area contributed by atoms with Crippen LogP contribution in [-0.2, 0) is 0 Å². The van der Waals surface area contributed by atoms with E-state index in [0.29, 0.717) is 5.92 Å². The molecule has 0 heterocycles. The predicted molar refractivity (Wildman–Crippen MR) is 57.1 cm³/mol. The molecule has 0 fully saturated rings. The van der Waals surface area contributed by atoms with Gasteiger partial charge in [-0.3, -0.25) is 0 Å². The highest BCUT2D eigenvalue weighted by Crippen LogP contribution is 2.23. The largest absolute Gasteiger partial charge is 0.102 e. The fourth-order valence-corrected chi connectivity index (χ4v) is 1.00. The van der Waals surface area contributed by atoms with Gasteiger partial charge in [-0.25, -0.2) is 0 Å². The van der Waals surface area contributed by atoms with Crippen LogP contribution in [0.1, 0.15) is 34.1 Å². The van der Waals surface area contributed by atoms with E-state index >= 15 is 0 Å². The molecule has 0 aromatic carbocycles. The van der Waals surface area contributed by atoms with Crippen molar-refractivity contribution in [2.45, 2.75) is 34.1 Å². The fraction of sp³-hybridized carbons (Fsp3) is 0.667. The molecule has 12 heavy (non-hydrogen) atoms. The molecule has 0 aromatic rings. The minimum atomic E-state index is 0.464. The van der Waals surface area contributed by atoms with Gasteiger partial charge < -0.3 is 0 Å². The van der Waals surface area contributed by atoms with Gasteiger partial charge in [-0.05, 0) is 24.2 Å². The molecule has 70 valence electrons. The number of hydrogen-bond donors (Lipinski definition) is 0. The van der Waals surface area contributed by atoms with Crippen molar-refractivity contribution in [3.8, 4) is 0 Å². The highest BCUT2D eigenvalue weighted by molar-refractivity contribution is 5.06. The SMILES string of the molecule is C=CC(C)C(=C)CC(C)C(C)C. The zero-order chi connectivity index (χ0) is 9.72. The molecule has 0 saturated carbocycles. The normalized spacial score (nSPS) is 15.8. The molecule has 0 aliphatic carbocycles. The lowest BCUT2D eigenvalue weighted by molar-refractivity contribution is 0.408. The Morgan fingerprint density at radius 1 is 1.25 bits per heavy atom. The molecule has 0 aromatic heterocycles. The van der Waals surface area contributed by atoms with E-state index in [0.717, 1.165) is 18.3 Å². The highest BCUT2D eigenvalue weighted by atomic mass is 14.2. The lowest BCUT2D eigenvalue weighted by Crippen LogP contribution is -2.07. The van der Waals surface area contributed by atoms with Crippen LogP contribution in [0.25, 0.3) is 0 Å². The monoisotopic (exact) mass is 166 g/mol. The van der Waals surface area contributed by atoms with E-state index in [1.807, 2.05) is 6.08 Å². The molecule has 0 nitrogen and oxygen atoms in total. The first-order chi connectivity index (χ1) is 5.49. The van der Waals surface area contributed by atoms with Gasteiger partial charge in [0.25, 0.3) is 0 Å². The molecule has 0 spiro atoms. The first-order valence-electron chi connectivity index (χ1n) is 4.79. The molecular formula is C12H22. The van der Waals surface area contributed by atoms with Crippen LogP contribution >= 0.6 is 0 Å². The number of hydrogen-bond acceptors (Lipinski definition) is 0. The average Bonchev–Trinajstić information content (AvgIpc) is 2.02. The Balaban J connectivity index is 3.92. The van der Waals surface area contributed by atoms with Crippen molar-refractivity contribution in [2.24, 2.45) is 17.8 Å². The summed E-state index contributed by atoms with van der Waals surface area (Å²) in [5.74, 6) is 1.95. The quantitative estimate of drug-likeness (QED) is 0.541. The van der Waals surface area contributed by atoms with Crippen LogP contribution in [0.15, 0.2) is 24.8 Å². The van der Waals surface area contributed by atoms with E-state index in [1.165, 1.54) is 5.57 Å². The van der Waals surface area contributed by atoms with E-state index in [4.69, 9.17) is 0 Å². The Kier molecular flexibility index (Phi) is 4.96. The van der Waals surface area contributed by atoms with Gasteiger partial charge in [0, 0.05) is 0 Å². The minimum absolute atomic E-state index is 0.464. The summed E-state index contributed by atoms with van der Waals surface area (Å²) in [5.41, 5.74) is 1.31. The summed E-state index contributed by atoms with van der Waals surface area (Å²) in [4.78, 5) is 0. The second-order valence-electron chi connectivity index (χ2n) is 4.11. The zero-order valence-electron chi connectivity index (χ0n) is 8.93. The maximum Gasteiger partial charge on any atom is -0.00569 e. The first kappa shape index (κ1) is 11.5. The standard InChI is InChI=1S/C12H22/c1-7-10(4)12(6)8-11(5)9(2)3/h7,9-11H,1,6,8H2,2-5H3. The van der Waals surface area contributed by atoms with Crippen LogP contribution < -0.4 is 0 Å². The van der Waals surface area contributed by atoms with Crippen molar-refractivity contribution >= 4 is 0 Å². The summed E-state index contributed by atoms with van der Waals surface area (Å²) < 4.78 is 0. The van der Waals surface area contributed by atoms with Crippen LogP contribution in [0.5, 0.6) is 0 Å². The highest BCUT2D eigenvalue weighted by Gasteiger charge is 2.10. The zero-order valence-corrected chi connectivity index (χ0v) is 8.93. The van der Waals surface area contributed by atoms with Gasteiger partial charge in [0.15, 0.2) is 0 Å². The fourth-order valence-electron chi connectivity index (χ4n) is 1.00. The summed E-state index contributed by atoms with van der Waals surface area (Å²) in [6.07, 6.45) is 3.10. The van der Waals surface area contributed by atoms with Crippen molar-refractivity contribution in [3.05, 3.63) is 24.8 Å². The van der Waals surface area contributed by atoms with Gasteiger partial charge in [-0.2, -0.15) is 0 Å². The second-order valence-corrected chi connectivity index (χ2v) is 4.11. The maximum atomic E-state index is 4.08. The first-order valence-corrected chi connectivity index (χ1v) is 4.79. The Morgan fingerprint density at radius 3 is 2.08 bits per heavy atom. The third kappa shape index (κ3) is 3.75. The lowest BCUT2D eigenvalue weighted by Gasteiger charge is -2.19. The molecule has 0 rings (SSSR count). The Morgan fingerprint density at radius 2 is 1.75 bits per heavy atom. The molecule has 0 amide bonds. The molecule has 0 bridgehead atoms. The Bertz CT molecular complexity index is 153. The average molecular weight is 166 g/mol. The molecule has 2 unspecified atom stereocenters. The van der Waals surface area contributed by atoms with Gasteiger partial charge in [0.1, 0.15) is 0 Å². The predicted octanol–water partition coefficient (Wildman–Crippen LogP) is 4.05. The van der Waals surface area contributed by atoms with E-state index in [-0.39, 0.29) is 0 Å². The lowest BCUT2D eigenvalue weighted by atomic mass is 9.87. The van der Waals surface area contributed by atoms with Gasteiger partial charge in [-0.1, -0.05) is 45.9 Å². The van der Waals surface area contributed by atoms with Crippen LogP contribution in [0, 0.1) is 17.8 Å². The number of allylic oxidation sites excluding steroid dienone is 2. The van der Waals surface area contributed by atoms with Crippen molar-refractivity contribution in [1.82, 2.24) is 0 Å². The van der Waals surface area contributed by atoms with Crippen molar-refractivity contribution in [1.29, 1.82) is 0 Å². The van der Waals surface area contributed by atoms with E-state index in [1.54, 1.807) is 0 Å². The summed E-state index contributed by atoms with van der Waals surface area (Å²) >= 11 is 0. The molecule has 0 aliphatic heterocycles. The Labute approximate surface area is 77.4 Å². The van der Waals surface area contributed by atoms with Gasteiger partial charge in [0.05, 0.1) is 0 Å². The second kappa shape index (κ2) is 5.18. The summed E-state index contributed by atoms with van der Waals surface area (Å²) in [6.45, 7) is 16.8. The maximum absolute atomic E-state index is 4.08. The van der Waals surface area contributed by atoms with E-state index in [9.17, 15) is 0 Å². The van der Waals surface area contributed by atoms with Crippen molar-refractivity contribution in [3.63, 3.8) is 0 Å². The molecular weight excluding hydrogens is 144 g/mol. The van der Waals surface area contributed by atoms with E-state index < -0.39 is 0 Å². The van der Waals surface area contributed by atoms with Crippen LogP contribution in [0.2, 0.25) is 0 Å². The molecule has 0 N–H and O–H groups in total. The van der Waals surface area contributed by atoms with Crippen LogP contribution in [0.4, 0.5) is 0 Å². The smallest absolute Gasteiger partial charge is 0.00569 e. The van der Waals surface area contributed by atoms with E-state index in [2.05, 4.69) is 40.9 Å². The van der Waals surface area contributed by atoms with Crippen molar-refractivity contribution in [2.75, 3.05) is 0 Å².